The lowest BCUT2D eigenvalue weighted by molar-refractivity contribution is 0.519. The molecule has 6 heteroatoms. The van der Waals surface area contributed by atoms with Crippen molar-refractivity contribution < 1.29 is 4.42 Å². The number of rotatable bonds is 5. The standard InChI is InChI=1S/C23H22N2O3S/c1-4-15-9-10-17-16(12-21(26)28-20(17)11-15)13-29-23-24-19-8-6-5-7-18(19)22(27)25(23)14(2)3/h5-12,14H,4,13H2,1-3H3. The zero-order valence-corrected chi connectivity index (χ0v) is 17.5. The van der Waals surface area contributed by atoms with Crippen molar-refractivity contribution in [3.8, 4) is 0 Å². The van der Waals surface area contributed by atoms with E-state index in [1.165, 1.54) is 17.8 Å². The summed E-state index contributed by atoms with van der Waals surface area (Å²) >= 11 is 1.46. The molecule has 0 fully saturated rings. The van der Waals surface area contributed by atoms with Crippen molar-refractivity contribution >= 4 is 33.6 Å². The summed E-state index contributed by atoms with van der Waals surface area (Å²) in [5.41, 5.74) is 2.87. The van der Waals surface area contributed by atoms with Crippen LogP contribution >= 0.6 is 11.8 Å². The first-order chi connectivity index (χ1) is 14.0. The smallest absolute Gasteiger partial charge is 0.336 e. The fourth-order valence-electron chi connectivity index (χ4n) is 3.44. The van der Waals surface area contributed by atoms with Gasteiger partial charge in [-0.2, -0.15) is 0 Å². The largest absolute Gasteiger partial charge is 0.423 e. The first-order valence-electron chi connectivity index (χ1n) is 9.67. The van der Waals surface area contributed by atoms with E-state index in [9.17, 15) is 9.59 Å². The van der Waals surface area contributed by atoms with Crippen LogP contribution < -0.4 is 11.2 Å². The maximum absolute atomic E-state index is 13.0. The lowest BCUT2D eigenvalue weighted by Gasteiger charge is -2.16. The van der Waals surface area contributed by atoms with Crippen LogP contribution in [0.25, 0.3) is 21.9 Å². The van der Waals surface area contributed by atoms with Crippen LogP contribution in [0, 0.1) is 0 Å². The Morgan fingerprint density at radius 1 is 1.07 bits per heavy atom. The summed E-state index contributed by atoms with van der Waals surface area (Å²) in [6, 6.07) is 14.9. The molecule has 0 saturated heterocycles. The van der Waals surface area contributed by atoms with Crippen LogP contribution in [0.4, 0.5) is 0 Å². The number of benzene rings is 2. The van der Waals surface area contributed by atoms with Crippen molar-refractivity contribution in [1.29, 1.82) is 0 Å². The summed E-state index contributed by atoms with van der Waals surface area (Å²) in [7, 11) is 0. The number of hydrogen-bond donors (Lipinski definition) is 0. The molecule has 0 unspecified atom stereocenters. The van der Waals surface area contributed by atoms with E-state index in [2.05, 4.69) is 13.0 Å². The Morgan fingerprint density at radius 2 is 1.86 bits per heavy atom. The number of fused-ring (bicyclic) bond motifs is 2. The summed E-state index contributed by atoms with van der Waals surface area (Å²) in [6.07, 6.45) is 0.875. The molecular formula is C23H22N2O3S. The Morgan fingerprint density at radius 3 is 2.62 bits per heavy atom. The Labute approximate surface area is 172 Å². The highest BCUT2D eigenvalue weighted by Gasteiger charge is 2.15. The highest BCUT2D eigenvalue weighted by atomic mass is 32.2. The molecule has 0 amide bonds. The molecule has 0 bridgehead atoms. The Kier molecular flexibility index (Phi) is 5.28. The van der Waals surface area contributed by atoms with E-state index in [0.717, 1.165) is 22.9 Å². The summed E-state index contributed by atoms with van der Waals surface area (Å²) in [5.74, 6) is 0.519. The van der Waals surface area contributed by atoms with E-state index in [-0.39, 0.29) is 17.2 Å². The SMILES string of the molecule is CCc1ccc2c(CSc3nc4ccccc4c(=O)n3C(C)C)cc(=O)oc2c1. The van der Waals surface area contributed by atoms with Gasteiger partial charge in [0.2, 0.25) is 0 Å². The summed E-state index contributed by atoms with van der Waals surface area (Å²) in [4.78, 5) is 29.8. The Bertz CT molecular complexity index is 1320. The molecule has 2 aromatic carbocycles. The lowest BCUT2D eigenvalue weighted by Crippen LogP contribution is -2.25. The van der Waals surface area contributed by atoms with Gasteiger partial charge in [-0.25, -0.2) is 9.78 Å². The molecule has 0 N–H and O–H groups in total. The molecule has 0 aliphatic carbocycles. The normalized spacial score (nSPS) is 11.6. The van der Waals surface area contributed by atoms with E-state index >= 15 is 0 Å². The molecule has 0 spiro atoms. The van der Waals surface area contributed by atoms with Crippen molar-refractivity contribution in [2.75, 3.05) is 0 Å². The van der Waals surface area contributed by atoms with E-state index in [1.54, 1.807) is 10.6 Å². The van der Waals surface area contributed by atoms with Crippen molar-refractivity contribution in [3.05, 3.63) is 80.4 Å². The zero-order chi connectivity index (χ0) is 20.5. The highest BCUT2D eigenvalue weighted by Crippen LogP contribution is 2.28. The number of aromatic nitrogens is 2. The molecule has 0 atom stereocenters. The molecule has 0 aliphatic rings. The molecule has 2 heterocycles. The van der Waals surface area contributed by atoms with Crippen molar-refractivity contribution in [2.45, 2.75) is 44.1 Å². The molecule has 2 aromatic heterocycles. The summed E-state index contributed by atoms with van der Waals surface area (Å²) in [5, 5.41) is 2.17. The van der Waals surface area contributed by atoms with Crippen LogP contribution in [0.1, 0.15) is 37.9 Å². The van der Waals surface area contributed by atoms with E-state index in [1.807, 2.05) is 44.2 Å². The molecular weight excluding hydrogens is 384 g/mol. The Balaban J connectivity index is 1.78. The highest BCUT2D eigenvalue weighted by molar-refractivity contribution is 7.98. The number of para-hydroxylation sites is 1. The fourth-order valence-corrected chi connectivity index (χ4v) is 4.56. The fraction of sp³-hybridized carbons (Fsp3) is 0.261. The van der Waals surface area contributed by atoms with Gasteiger partial charge in [0.05, 0.1) is 10.9 Å². The minimum Gasteiger partial charge on any atom is -0.423 e. The van der Waals surface area contributed by atoms with Crippen molar-refractivity contribution in [2.24, 2.45) is 0 Å². The summed E-state index contributed by atoms with van der Waals surface area (Å²) in [6.45, 7) is 6.01. The van der Waals surface area contributed by atoms with E-state index in [4.69, 9.17) is 9.40 Å². The van der Waals surface area contributed by atoms with Crippen LogP contribution in [-0.2, 0) is 12.2 Å². The molecule has 29 heavy (non-hydrogen) atoms. The van der Waals surface area contributed by atoms with Crippen LogP contribution in [0.5, 0.6) is 0 Å². The third-order valence-electron chi connectivity index (χ3n) is 4.95. The van der Waals surface area contributed by atoms with Gasteiger partial charge >= 0.3 is 5.63 Å². The molecule has 4 aromatic rings. The van der Waals surface area contributed by atoms with Crippen molar-refractivity contribution in [1.82, 2.24) is 9.55 Å². The summed E-state index contributed by atoms with van der Waals surface area (Å²) < 4.78 is 7.12. The van der Waals surface area contributed by atoms with E-state index in [0.29, 0.717) is 27.4 Å². The number of aryl methyl sites for hydroxylation is 1. The van der Waals surface area contributed by atoms with Gasteiger partial charge in [-0.3, -0.25) is 9.36 Å². The number of nitrogens with zero attached hydrogens (tertiary/aromatic N) is 2. The average molecular weight is 407 g/mol. The molecule has 0 radical (unpaired) electrons. The van der Waals surface area contributed by atoms with Crippen LogP contribution in [0.2, 0.25) is 0 Å². The predicted octanol–water partition coefficient (Wildman–Crippen LogP) is 4.94. The second kappa shape index (κ2) is 7.87. The topological polar surface area (TPSA) is 65.1 Å². The number of hydrogen-bond acceptors (Lipinski definition) is 5. The maximum Gasteiger partial charge on any atom is 0.336 e. The van der Waals surface area contributed by atoms with Gasteiger partial charge in [0, 0.05) is 23.2 Å². The minimum absolute atomic E-state index is 0.0215. The van der Waals surface area contributed by atoms with Crippen molar-refractivity contribution in [3.63, 3.8) is 0 Å². The molecule has 0 aliphatic heterocycles. The van der Waals surface area contributed by atoms with Gasteiger partial charge < -0.3 is 4.42 Å². The van der Waals surface area contributed by atoms with Gasteiger partial charge in [-0.05, 0) is 49.6 Å². The molecule has 4 rings (SSSR count). The number of thioether (sulfide) groups is 1. The van der Waals surface area contributed by atoms with Gasteiger partial charge in [-0.1, -0.05) is 43.0 Å². The average Bonchev–Trinajstić information content (AvgIpc) is 2.71. The zero-order valence-electron chi connectivity index (χ0n) is 16.6. The third kappa shape index (κ3) is 3.72. The van der Waals surface area contributed by atoms with Gasteiger partial charge in [0.25, 0.3) is 5.56 Å². The molecule has 148 valence electrons. The van der Waals surface area contributed by atoms with Crippen LogP contribution in [0.15, 0.2) is 67.7 Å². The van der Waals surface area contributed by atoms with Crippen LogP contribution in [0.3, 0.4) is 0 Å². The lowest BCUT2D eigenvalue weighted by atomic mass is 10.1. The van der Waals surface area contributed by atoms with Gasteiger partial charge in [-0.15, -0.1) is 0 Å². The first kappa shape index (κ1) is 19.5. The molecule has 0 saturated carbocycles. The predicted molar refractivity (Wildman–Crippen MR) is 118 cm³/mol. The minimum atomic E-state index is -0.367. The van der Waals surface area contributed by atoms with Gasteiger partial charge in [0.15, 0.2) is 5.16 Å². The Hall–Kier alpha value is -2.86. The first-order valence-corrected chi connectivity index (χ1v) is 10.7. The maximum atomic E-state index is 13.0. The molecule has 5 nitrogen and oxygen atoms in total. The van der Waals surface area contributed by atoms with E-state index < -0.39 is 0 Å². The van der Waals surface area contributed by atoms with Crippen LogP contribution in [-0.4, -0.2) is 9.55 Å². The quantitative estimate of drug-likeness (QED) is 0.267. The third-order valence-corrected chi connectivity index (χ3v) is 5.95. The monoisotopic (exact) mass is 406 g/mol. The second-order valence-electron chi connectivity index (χ2n) is 7.24. The second-order valence-corrected chi connectivity index (χ2v) is 8.19. The van der Waals surface area contributed by atoms with Gasteiger partial charge in [0.1, 0.15) is 5.58 Å².